The Morgan fingerprint density at radius 1 is 0.806 bits per heavy atom. The number of nitro groups is 1. The molecule has 0 aliphatic carbocycles. The summed E-state index contributed by atoms with van der Waals surface area (Å²) in [6.45, 7) is 0. The number of pyridine rings is 1. The smallest absolute Gasteiger partial charge is 0.354 e. The van der Waals surface area contributed by atoms with Crippen LogP contribution in [-0.2, 0) is 0 Å². The van der Waals surface area contributed by atoms with Gasteiger partial charge in [-0.05, 0) is 59.7 Å². The van der Waals surface area contributed by atoms with Gasteiger partial charge >= 0.3 is 5.97 Å². The maximum absolute atomic E-state index is 11.6. The number of aromatic nitrogens is 1. The number of benzene rings is 3. The zero-order chi connectivity index (χ0) is 21.8. The highest BCUT2D eigenvalue weighted by Gasteiger charge is 2.13. The average Bonchev–Trinajstić information content (AvgIpc) is 2.80. The lowest BCUT2D eigenvalue weighted by Gasteiger charge is -2.09. The SMILES string of the molecule is O=C(O)c1cc(-c2ccc(Oc3ccccc3)cc2)cc(-c2ccc([N+](=O)[O-])cc2)n1. The largest absolute Gasteiger partial charge is 0.477 e. The first-order valence-electron chi connectivity index (χ1n) is 9.33. The predicted molar refractivity (Wildman–Crippen MR) is 115 cm³/mol. The number of ether oxygens (including phenoxy) is 1. The van der Waals surface area contributed by atoms with Gasteiger partial charge in [-0.2, -0.15) is 0 Å². The van der Waals surface area contributed by atoms with Crippen LogP contribution in [0, 0.1) is 10.1 Å². The van der Waals surface area contributed by atoms with E-state index in [1.165, 1.54) is 18.2 Å². The molecule has 4 rings (SSSR count). The summed E-state index contributed by atoms with van der Waals surface area (Å²) in [5.74, 6) is 0.208. The zero-order valence-electron chi connectivity index (χ0n) is 16.1. The van der Waals surface area contributed by atoms with Crippen LogP contribution >= 0.6 is 0 Å². The highest BCUT2D eigenvalue weighted by Crippen LogP contribution is 2.29. The van der Waals surface area contributed by atoms with Crippen molar-refractivity contribution >= 4 is 11.7 Å². The maximum atomic E-state index is 11.6. The number of aromatic carboxylic acids is 1. The van der Waals surface area contributed by atoms with E-state index in [2.05, 4.69) is 4.98 Å². The Morgan fingerprint density at radius 3 is 2.03 bits per heavy atom. The molecule has 0 aliphatic rings. The quantitative estimate of drug-likeness (QED) is 0.316. The number of nitro benzene ring substituents is 1. The Labute approximate surface area is 177 Å². The molecule has 1 heterocycles. The zero-order valence-corrected chi connectivity index (χ0v) is 16.1. The molecular weight excluding hydrogens is 396 g/mol. The number of carboxylic acid groups (broad SMARTS) is 1. The van der Waals surface area contributed by atoms with Crippen LogP contribution in [0.25, 0.3) is 22.4 Å². The van der Waals surface area contributed by atoms with Crippen molar-refractivity contribution in [2.45, 2.75) is 0 Å². The molecule has 7 nitrogen and oxygen atoms in total. The van der Waals surface area contributed by atoms with Gasteiger partial charge in [0.25, 0.3) is 5.69 Å². The van der Waals surface area contributed by atoms with E-state index in [1.807, 2.05) is 42.5 Å². The Morgan fingerprint density at radius 2 is 1.42 bits per heavy atom. The monoisotopic (exact) mass is 412 g/mol. The molecule has 1 aromatic heterocycles. The minimum atomic E-state index is -1.16. The van der Waals surface area contributed by atoms with Gasteiger partial charge in [-0.1, -0.05) is 30.3 Å². The third kappa shape index (κ3) is 4.56. The van der Waals surface area contributed by atoms with Crippen LogP contribution in [0.15, 0.2) is 91.0 Å². The number of carboxylic acids is 1. The second-order valence-corrected chi connectivity index (χ2v) is 6.67. The molecule has 4 aromatic rings. The van der Waals surface area contributed by atoms with E-state index in [4.69, 9.17) is 4.74 Å². The third-order valence-electron chi connectivity index (χ3n) is 4.58. The van der Waals surface area contributed by atoms with Gasteiger partial charge < -0.3 is 9.84 Å². The molecule has 0 bridgehead atoms. The number of rotatable bonds is 6. The molecule has 31 heavy (non-hydrogen) atoms. The summed E-state index contributed by atoms with van der Waals surface area (Å²) in [6, 6.07) is 25.7. The van der Waals surface area contributed by atoms with Crippen molar-refractivity contribution < 1.29 is 19.6 Å². The van der Waals surface area contributed by atoms with Crippen LogP contribution in [0.4, 0.5) is 5.69 Å². The molecule has 0 aliphatic heterocycles. The summed E-state index contributed by atoms with van der Waals surface area (Å²) >= 11 is 0. The Kier molecular flexibility index (Phi) is 5.40. The van der Waals surface area contributed by atoms with E-state index in [9.17, 15) is 20.0 Å². The van der Waals surface area contributed by atoms with Gasteiger partial charge in [-0.25, -0.2) is 9.78 Å². The molecule has 0 amide bonds. The highest BCUT2D eigenvalue weighted by atomic mass is 16.6. The number of nitrogens with zero attached hydrogens (tertiary/aromatic N) is 2. The summed E-state index contributed by atoms with van der Waals surface area (Å²) in [5, 5.41) is 20.4. The van der Waals surface area contributed by atoms with Gasteiger partial charge in [0.15, 0.2) is 0 Å². The molecule has 152 valence electrons. The molecule has 0 unspecified atom stereocenters. The van der Waals surface area contributed by atoms with Crippen LogP contribution in [0.2, 0.25) is 0 Å². The maximum Gasteiger partial charge on any atom is 0.354 e. The van der Waals surface area contributed by atoms with Crippen molar-refractivity contribution in [2.24, 2.45) is 0 Å². The molecule has 0 saturated heterocycles. The Bertz CT molecular complexity index is 1240. The molecule has 0 spiro atoms. The lowest BCUT2D eigenvalue weighted by Crippen LogP contribution is -2.02. The van der Waals surface area contributed by atoms with Crippen molar-refractivity contribution in [3.8, 4) is 33.9 Å². The number of para-hydroxylation sites is 1. The van der Waals surface area contributed by atoms with E-state index in [1.54, 1.807) is 30.3 Å². The van der Waals surface area contributed by atoms with Gasteiger partial charge in [0.1, 0.15) is 17.2 Å². The van der Waals surface area contributed by atoms with Crippen LogP contribution in [0.3, 0.4) is 0 Å². The van der Waals surface area contributed by atoms with Crippen molar-refractivity contribution in [3.63, 3.8) is 0 Å². The van der Waals surface area contributed by atoms with Crippen molar-refractivity contribution in [1.82, 2.24) is 4.98 Å². The van der Waals surface area contributed by atoms with Gasteiger partial charge in [0.2, 0.25) is 0 Å². The lowest BCUT2D eigenvalue weighted by atomic mass is 10.0. The van der Waals surface area contributed by atoms with E-state index in [0.717, 1.165) is 5.56 Å². The Balaban J connectivity index is 1.67. The fourth-order valence-corrected chi connectivity index (χ4v) is 3.05. The van der Waals surface area contributed by atoms with E-state index in [0.29, 0.717) is 28.3 Å². The van der Waals surface area contributed by atoms with Crippen LogP contribution < -0.4 is 4.74 Å². The van der Waals surface area contributed by atoms with Crippen LogP contribution in [0.1, 0.15) is 10.5 Å². The summed E-state index contributed by atoms with van der Waals surface area (Å²) < 4.78 is 5.79. The van der Waals surface area contributed by atoms with Gasteiger partial charge in [-0.15, -0.1) is 0 Å². The van der Waals surface area contributed by atoms with Gasteiger partial charge in [0.05, 0.1) is 10.6 Å². The fourth-order valence-electron chi connectivity index (χ4n) is 3.05. The predicted octanol–water partition coefficient (Wildman–Crippen LogP) is 5.81. The molecule has 0 fully saturated rings. The van der Waals surface area contributed by atoms with E-state index < -0.39 is 10.9 Å². The third-order valence-corrected chi connectivity index (χ3v) is 4.58. The first-order chi connectivity index (χ1) is 15.0. The second kappa shape index (κ2) is 8.46. The average molecular weight is 412 g/mol. The first kappa shape index (κ1) is 19.8. The topological polar surface area (TPSA) is 103 Å². The Hall–Kier alpha value is -4.52. The first-order valence-corrected chi connectivity index (χ1v) is 9.33. The summed E-state index contributed by atoms with van der Waals surface area (Å²) in [5.41, 5.74) is 2.27. The van der Waals surface area contributed by atoms with Gasteiger partial charge in [0, 0.05) is 17.7 Å². The number of non-ortho nitro benzene ring substituents is 1. The lowest BCUT2D eigenvalue weighted by molar-refractivity contribution is -0.384. The van der Waals surface area contributed by atoms with Gasteiger partial charge in [-0.3, -0.25) is 10.1 Å². The molecular formula is C24H16N2O5. The minimum Gasteiger partial charge on any atom is -0.477 e. The van der Waals surface area contributed by atoms with Crippen molar-refractivity contribution in [1.29, 1.82) is 0 Å². The van der Waals surface area contributed by atoms with E-state index >= 15 is 0 Å². The molecule has 3 aromatic carbocycles. The molecule has 0 atom stereocenters. The fraction of sp³-hybridized carbons (Fsp3) is 0. The van der Waals surface area contributed by atoms with Crippen LogP contribution in [-0.4, -0.2) is 21.0 Å². The minimum absolute atomic E-state index is 0.0487. The molecule has 7 heteroatoms. The number of hydrogen-bond acceptors (Lipinski definition) is 5. The molecule has 0 saturated carbocycles. The standard InChI is InChI=1S/C24H16N2O5/c27-24(28)23-15-18(14-22(25-23)17-6-10-19(11-7-17)26(29)30)16-8-12-21(13-9-16)31-20-4-2-1-3-5-20/h1-15H,(H,27,28). The number of carbonyl (C=O) groups is 1. The molecule has 0 radical (unpaired) electrons. The van der Waals surface area contributed by atoms with E-state index in [-0.39, 0.29) is 11.4 Å². The van der Waals surface area contributed by atoms with Crippen molar-refractivity contribution in [3.05, 3.63) is 107 Å². The van der Waals surface area contributed by atoms with Crippen LogP contribution in [0.5, 0.6) is 11.5 Å². The molecule has 1 N–H and O–H groups in total. The highest BCUT2D eigenvalue weighted by molar-refractivity contribution is 5.88. The summed E-state index contributed by atoms with van der Waals surface area (Å²) in [6.07, 6.45) is 0. The summed E-state index contributed by atoms with van der Waals surface area (Å²) in [4.78, 5) is 26.2. The number of hydrogen-bond donors (Lipinski definition) is 1. The van der Waals surface area contributed by atoms with Crippen molar-refractivity contribution in [2.75, 3.05) is 0 Å². The normalized spacial score (nSPS) is 10.5. The second-order valence-electron chi connectivity index (χ2n) is 6.67. The summed E-state index contributed by atoms with van der Waals surface area (Å²) in [7, 11) is 0.